The van der Waals surface area contributed by atoms with Crippen molar-refractivity contribution >= 4 is 5.97 Å². The average Bonchev–Trinajstić information content (AvgIpc) is 2.38. The minimum Gasteiger partial charge on any atom is -0.479 e. The van der Waals surface area contributed by atoms with E-state index in [0.717, 1.165) is 6.07 Å². The van der Waals surface area contributed by atoms with Gasteiger partial charge < -0.3 is 10.2 Å². The van der Waals surface area contributed by atoms with Gasteiger partial charge in [0, 0.05) is 5.56 Å². The number of aliphatic carboxylic acids is 1. The number of aliphatic hydroxyl groups excluding tert-OH is 1. The van der Waals surface area contributed by atoms with Crippen molar-refractivity contribution in [3.05, 3.63) is 59.7 Å². The van der Waals surface area contributed by atoms with Crippen LogP contribution in [0.3, 0.4) is 0 Å². The Hall–Kier alpha value is -2.27. The standard InChI is InChI=1S/C14H10F2O3/c15-9-6-4-8(5-7-9)10-2-1-3-11(16)12(10)13(17)14(18)19/h1-7,13,17H,(H,18,19). The van der Waals surface area contributed by atoms with Crippen LogP contribution in [0, 0.1) is 11.6 Å². The van der Waals surface area contributed by atoms with Gasteiger partial charge in [0.15, 0.2) is 6.10 Å². The van der Waals surface area contributed by atoms with E-state index in [1.165, 1.54) is 36.4 Å². The molecule has 0 heterocycles. The molecule has 0 aliphatic carbocycles. The van der Waals surface area contributed by atoms with E-state index >= 15 is 0 Å². The van der Waals surface area contributed by atoms with E-state index in [4.69, 9.17) is 5.11 Å². The molecule has 19 heavy (non-hydrogen) atoms. The molecule has 0 radical (unpaired) electrons. The van der Waals surface area contributed by atoms with Gasteiger partial charge in [0.05, 0.1) is 0 Å². The zero-order valence-corrected chi connectivity index (χ0v) is 9.68. The van der Waals surface area contributed by atoms with Gasteiger partial charge in [0.2, 0.25) is 0 Å². The molecule has 0 spiro atoms. The van der Waals surface area contributed by atoms with Gasteiger partial charge in [-0.05, 0) is 29.3 Å². The Labute approximate surface area is 107 Å². The van der Waals surface area contributed by atoms with Crippen molar-refractivity contribution in [2.75, 3.05) is 0 Å². The van der Waals surface area contributed by atoms with Crippen molar-refractivity contribution in [1.29, 1.82) is 0 Å². The molecule has 1 unspecified atom stereocenters. The van der Waals surface area contributed by atoms with Crippen LogP contribution < -0.4 is 0 Å². The number of carboxylic acid groups (broad SMARTS) is 1. The molecule has 5 heteroatoms. The number of benzene rings is 2. The fourth-order valence-corrected chi connectivity index (χ4v) is 1.82. The Bertz CT molecular complexity index is 609. The third-order valence-electron chi connectivity index (χ3n) is 2.72. The van der Waals surface area contributed by atoms with Crippen LogP contribution in [0.2, 0.25) is 0 Å². The minimum absolute atomic E-state index is 0.218. The van der Waals surface area contributed by atoms with Gasteiger partial charge >= 0.3 is 5.97 Å². The smallest absolute Gasteiger partial charge is 0.337 e. The number of hydrogen-bond acceptors (Lipinski definition) is 2. The monoisotopic (exact) mass is 264 g/mol. The zero-order chi connectivity index (χ0) is 14.0. The first kappa shape index (κ1) is 13.2. The Morgan fingerprint density at radius 1 is 1.05 bits per heavy atom. The van der Waals surface area contributed by atoms with Crippen molar-refractivity contribution in [3.8, 4) is 11.1 Å². The van der Waals surface area contributed by atoms with Crippen LogP contribution in [0.1, 0.15) is 11.7 Å². The highest BCUT2D eigenvalue weighted by atomic mass is 19.1. The molecule has 0 aromatic heterocycles. The zero-order valence-electron chi connectivity index (χ0n) is 9.68. The Morgan fingerprint density at radius 3 is 2.26 bits per heavy atom. The molecule has 0 aliphatic heterocycles. The molecule has 0 saturated heterocycles. The van der Waals surface area contributed by atoms with Crippen molar-refractivity contribution < 1.29 is 23.8 Å². The number of rotatable bonds is 3. The van der Waals surface area contributed by atoms with Crippen LogP contribution in [0.15, 0.2) is 42.5 Å². The number of carboxylic acids is 1. The maximum Gasteiger partial charge on any atom is 0.337 e. The summed E-state index contributed by atoms with van der Waals surface area (Å²) >= 11 is 0. The molecule has 0 aliphatic rings. The van der Waals surface area contributed by atoms with E-state index in [9.17, 15) is 18.7 Å². The number of aliphatic hydroxyl groups is 1. The largest absolute Gasteiger partial charge is 0.479 e. The lowest BCUT2D eigenvalue weighted by atomic mass is 9.95. The topological polar surface area (TPSA) is 57.5 Å². The van der Waals surface area contributed by atoms with Gasteiger partial charge in [-0.15, -0.1) is 0 Å². The van der Waals surface area contributed by atoms with Crippen LogP contribution in [0.25, 0.3) is 11.1 Å². The van der Waals surface area contributed by atoms with Crippen LogP contribution in [-0.4, -0.2) is 16.2 Å². The maximum atomic E-state index is 13.7. The van der Waals surface area contributed by atoms with Crippen LogP contribution in [0.5, 0.6) is 0 Å². The molecule has 0 fully saturated rings. The first-order chi connectivity index (χ1) is 9.00. The Morgan fingerprint density at radius 2 is 1.68 bits per heavy atom. The summed E-state index contributed by atoms with van der Waals surface area (Å²) in [7, 11) is 0. The fraction of sp³-hybridized carbons (Fsp3) is 0.0714. The summed E-state index contributed by atoms with van der Waals surface area (Å²) < 4.78 is 26.6. The van der Waals surface area contributed by atoms with Gasteiger partial charge in [-0.2, -0.15) is 0 Å². The molecule has 3 nitrogen and oxygen atoms in total. The second-order valence-corrected chi connectivity index (χ2v) is 3.95. The second kappa shape index (κ2) is 5.16. The van der Waals surface area contributed by atoms with Crippen LogP contribution in [0.4, 0.5) is 8.78 Å². The summed E-state index contributed by atoms with van der Waals surface area (Å²) in [6.07, 6.45) is -1.97. The lowest BCUT2D eigenvalue weighted by molar-refractivity contribution is -0.147. The highest BCUT2D eigenvalue weighted by molar-refractivity contribution is 5.79. The van der Waals surface area contributed by atoms with Gasteiger partial charge in [0.25, 0.3) is 0 Å². The minimum atomic E-state index is -1.97. The first-order valence-electron chi connectivity index (χ1n) is 5.46. The summed E-state index contributed by atoms with van der Waals surface area (Å²) in [5.41, 5.74) is 0.313. The fourth-order valence-electron chi connectivity index (χ4n) is 1.82. The molecule has 0 saturated carbocycles. The normalized spacial score (nSPS) is 12.2. The Balaban J connectivity index is 2.60. The highest BCUT2D eigenvalue weighted by Gasteiger charge is 2.23. The molecule has 0 bridgehead atoms. The molecule has 98 valence electrons. The summed E-state index contributed by atoms with van der Waals surface area (Å²) in [6, 6.07) is 9.07. The second-order valence-electron chi connectivity index (χ2n) is 3.95. The van der Waals surface area contributed by atoms with Gasteiger partial charge in [-0.1, -0.05) is 24.3 Å². The molecular formula is C14H10F2O3. The third-order valence-corrected chi connectivity index (χ3v) is 2.72. The highest BCUT2D eigenvalue weighted by Crippen LogP contribution is 2.30. The molecule has 2 N–H and O–H groups in total. The van der Waals surface area contributed by atoms with Crippen molar-refractivity contribution in [3.63, 3.8) is 0 Å². The predicted molar refractivity (Wildman–Crippen MR) is 64.4 cm³/mol. The lowest BCUT2D eigenvalue weighted by Gasteiger charge is -2.13. The molecule has 2 aromatic carbocycles. The number of hydrogen-bond donors (Lipinski definition) is 2. The van der Waals surface area contributed by atoms with E-state index in [0.29, 0.717) is 5.56 Å². The van der Waals surface area contributed by atoms with E-state index in [2.05, 4.69) is 0 Å². The van der Waals surface area contributed by atoms with Gasteiger partial charge in [-0.25, -0.2) is 13.6 Å². The summed E-state index contributed by atoms with van der Waals surface area (Å²) in [4.78, 5) is 10.8. The van der Waals surface area contributed by atoms with E-state index in [1.807, 2.05) is 0 Å². The SMILES string of the molecule is O=C(O)C(O)c1c(F)cccc1-c1ccc(F)cc1. The van der Waals surface area contributed by atoms with Crippen LogP contribution in [-0.2, 0) is 4.79 Å². The quantitative estimate of drug-likeness (QED) is 0.896. The van der Waals surface area contributed by atoms with Gasteiger partial charge in [0.1, 0.15) is 11.6 Å². The molecule has 0 amide bonds. The summed E-state index contributed by atoms with van der Waals surface area (Å²) in [5, 5.41) is 18.4. The van der Waals surface area contributed by atoms with Crippen molar-refractivity contribution in [2.45, 2.75) is 6.10 Å². The lowest BCUT2D eigenvalue weighted by Crippen LogP contribution is -2.13. The van der Waals surface area contributed by atoms with Crippen LogP contribution >= 0.6 is 0 Å². The van der Waals surface area contributed by atoms with Crippen molar-refractivity contribution in [1.82, 2.24) is 0 Å². The molecular weight excluding hydrogens is 254 g/mol. The maximum absolute atomic E-state index is 13.7. The third kappa shape index (κ3) is 2.61. The summed E-state index contributed by atoms with van der Waals surface area (Å²) in [6.45, 7) is 0. The molecule has 2 aromatic rings. The molecule has 2 rings (SSSR count). The average molecular weight is 264 g/mol. The van der Waals surface area contributed by atoms with E-state index in [1.54, 1.807) is 0 Å². The van der Waals surface area contributed by atoms with Gasteiger partial charge in [-0.3, -0.25) is 0 Å². The number of carbonyl (C=O) groups is 1. The first-order valence-corrected chi connectivity index (χ1v) is 5.46. The van der Waals surface area contributed by atoms with Crippen molar-refractivity contribution in [2.24, 2.45) is 0 Å². The number of halogens is 2. The predicted octanol–water partition coefficient (Wildman–Crippen LogP) is 2.75. The summed E-state index contributed by atoms with van der Waals surface area (Å²) in [5.74, 6) is -2.83. The molecule has 1 atom stereocenters. The van der Waals surface area contributed by atoms with E-state index in [-0.39, 0.29) is 11.1 Å². The van der Waals surface area contributed by atoms with E-state index < -0.39 is 23.7 Å². The Kier molecular flexibility index (Phi) is 3.57.